The van der Waals surface area contributed by atoms with Crippen molar-refractivity contribution >= 4 is 34.2 Å². The highest BCUT2D eigenvalue weighted by Crippen LogP contribution is 2.28. The van der Waals surface area contributed by atoms with Crippen molar-refractivity contribution < 1.29 is 13.2 Å². The molecule has 5 nitrogen and oxygen atoms in total. The van der Waals surface area contributed by atoms with Gasteiger partial charge in [-0.1, -0.05) is 6.07 Å². The summed E-state index contributed by atoms with van der Waals surface area (Å²) in [6, 6.07) is 6.84. The highest BCUT2D eigenvalue weighted by atomic mass is 35.5. The number of methoxy groups -OCH3 is 1. The molecule has 2 atom stereocenters. The van der Waals surface area contributed by atoms with Crippen molar-refractivity contribution in [2.45, 2.75) is 34.8 Å². The Balaban J connectivity index is 0.00000242. The van der Waals surface area contributed by atoms with E-state index in [0.29, 0.717) is 30.8 Å². The summed E-state index contributed by atoms with van der Waals surface area (Å²) in [4.78, 5) is 1.27. The van der Waals surface area contributed by atoms with Crippen LogP contribution < -0.4 is 5.73 Å². The maximum Gasteiger partial charge on any atom is 0.243 e. The Labute approximate surface area is 143 Å². The third-order valence-corrected chi connectivity index (χ3v) is 6.54. The molecule has 2 unspecified atom stereocenters. The number of benzene rings is 1. The number of thioether (sulfide) groups is 1. The van der Waals surface area contributed by atoms with E-state index in [4.69, 9.17) is 10.5 Å². The zero-order valence-electron chi connectivity index (χ0n) is 12.8. The summed E-state index contributed by atoms with van der Waals surface area (Å²) in [6.07, 6.45) is 3.36. The van der Waals surface area contributed by atoms with Gasteiger partial charge in [0.1, 0.15) is 0 Å². The van der Waals surface area contributed by atoms with Crippen LogP contribution in [-0.2, 0) is 14.8 Å². The van der Waals surface area contributed by atoms with E-state index < -0.39 is 10.0 Å². The molecule has 2 N–H and O–H groups in total. The van der Waals surface area contributed by atoms with Crippen molar-refractivity contribution in [1.82, 2.24) is 4.31 Å². The number of piperidine rings is 1. The van der Waals surface area contributed by atoms with Gasteiger partial charge in [0.25, 0.3) is 0 Å². The number of hydrogen-bond donors (Lipinski definition) is 1. The molecule has 0 bridgehead atoms. The predicted molar refractivity (Wildman–Crippen MR) is 92.2 cm³/mol. The Morgan fingerprint density at radius 2 is 2.18 bits per heavy atom. The fourth-order valence-corrected chi connectivity index (χ4v) is 4.88. The number of ether oxygens (including phenoxy) is 1. The molecule has 1 saturated heterocycles. The van der Waals surface area contributed by atoms with Crippen LogP contribution in [-0.4, -0.2) is 51.3 Å². The highest BCUT2D eigenvalue weighted by Gasteiger charge is 2.36. The van der Waals surface area contributed by atoms with Crippen LogP contribution in [0.4, 0.5) is 0 Å². The summed E-state index contributed by atoms with van der Waals surface area (Å²) in [7, 11) is -1.85. The van der Waals surface area contributed by atoms with Gasteiger partial charge in [-0.15, -0.1) is 24.2 Å². The Kier molecular flexibility index (Phi) is 7.64. The van der Waals surface area contributed by atoms with Crippen molar-refractivity contribution in [1.29, 1.82) is 0 Å². The molecule has 0 radical (unpaired) electrons. The largest absolute Gasteiger partial charge is 0.381 e. The molecule has 8 heteroatoms. The fraction of sp³-hybridized carbons (Fsp3) is 0.571. The molecule has 2 rings (SSSR count). The van der Waals surface area contributed by atoms with Gasteiger partial charge in [0.05, 0.1) is 11.0 Å². The molecular weight excluding hydrogens is 344 g/mol. The molecule has 0 aromatic heterocycles. The summed E-state index contributed by atoms with van der Waals surface area (Å²) in [5.41, 5.74) is 5.78. The van der Waals surface area contributed by atoms with Crippen molar-refractivity contribution in [2.75, 3.05) is 26.5 Å². The van der Waals surface area contributed by atoms with Gasteiger partial charge in [0, 0.05) is 31.1 Å². The molecule has 0 amide bonds. The van der Waals surface area contributed by atoms with E-state index in [2.05, 4.69) is 0 Å². The van der Waals surface area contributed by atoms with Crippen LogP contribution in [0.2, 0.25) is 0 Å². The van der Waals surface area contributed by atoms with E-state index in [1.54, 1.807) is 25.3 Å². The van der Waals surface area contributed by atoms with E-state index in [1.807, 2.05) is 12.3 Å². The van der Waals surface area contributed by atoms with Gasteiger partial charge in [0.15, 0.2) is 0 Å². The second kappa shape index (κ2) is 8.52. The lowest BCUT2D eigenvalue weighted by atomic mass is 10.0. The third kappa shape index (κ3) is 4.15. The lowest BCUT2D eigenvalue weighted by molar-refractivity contribution is 0.0401. The second-order valence-corrected chi connectivity index (χ2v) is 7.84. The minimum absolute atomic E-state index is 0. The quantitative estimate of drug-likeness (QED) is 0.806. The van der Waals surface area contributed by atoms with E-state index in [1.165, 1.54) is 16.1 Å². The van der Waals surface area contributed by atoms with Gasteiger partial charge in [-0.05, 0) is 37.3 Å². The molecule has 0 saturated carbocycles. The number of hydrogen-bond acceptors (Lipinski definition) is 5. The van der Waals surface area contributed by atoms with Crippen LogP contribution >= 0.6 is 24.2 Å². The lowest BCUT2D eigenvalue weighted by Crippen LogP contribution is -2.51. The SMILES string of the molecule is COC1CCN(S(=O)(=O)c2cccc(SC)c2)C(CN)C1.Cl. The van der Waals surface area contributed by atoms with Crippen LogP contribution in [0.5, 0.6) is 0 Å². The number of halogens is 1. The first-order valence-corrected chi connectivity index (χ1v) is 9.58. The molecule has 1 fully saturated rings. The molecule has 1 aliphatic heterocycles. The monoisotopic (exact) mass is 366 g/mol. The molecule has 1 aliphatic rings. The number of rotatable bonds is 5. The van der Waals surface area contributed by atoms with Crippen LogP contribution in [0, 0.1) is 0 Å². The fourth-order valence-electron chi connectivity index (χ4n) is 2.63. The van der Waals surface area contributed by atoms with E-state index in [-0.39, 0.29) is 24.6 Å². The van der Waals surface area contributed by atoms with Crippen LogP contribution in [0.3, 0.4) is 0 Å². The Bertz CT molecular complexity index is 583. The second-order valence-electron chi connectivity index (χ2n) is 5.07. The molecule has 0 aliphatic carbocycles. The number of nitrogens with two attached hydrogens (primary N) is 1. The molecule has 1 aromatic carbocycles. The van der Waals surface area contributed by atoms with Crippen molar-refractivity contribution in [3.05, 3.63) is 24.3 Å². The van der Waals surface area contributed by atoms with Gasteiger partial charge < -0.3 is 10.5 Å². The maximum atomic E-state index is 12.8. The van der Waals surface area contributed by atoms with Crippen LogP contribution in [0.1, 0.15) is 12.8 Å². The summed E-state index contributed by atoms with van der Waals surface area (Å²) >= 11 is 1.53. The molecule has 22 heavy (non-hydrogen) atoms. The first-order chi connectivity index (χ1) is 10.0. The van der Waals surface area contributed by atoms with Gasteiger partial charge in [0.2, 0.25) is 10.0 Å². The minimum Gasteiger partial charge on any atom is -0.381 e. The maximum absolute atomic E-state index is 12.8. The predicted octanol–water partition coefficient (Wildman–Crippen LogP) is 1.96. The minimum atomic E-state index is -3.50. The van der Waals surface area contributed by atoms with E-state index in [9.17, 15) is 8.42 Å². The van der Waals surface area contributed by atoms with Gasteiger partial charge in [-0.25, -0.2) is 8.42 Å². The summed E-state index contributed by atoms with van der Waals surface area (Å²) in [5.74, 6) is 0. The third-order valence-electron chi connectivity index (χ3n) is 3.87. The molecular formula is C14H23ClN2O3S2. The van der Waals surface area contributed by atoms with Crippen molar-refractivity contribution in [3.8, 4) is 0 Å². The molecule has 1 heterocycles. The zero-order chi connectivity index (χ0) is 15.5. The van der Waals surface area contributed by atoms with E-state index in [0.717, 1.165) is 4.90 Å². The Hall–Kier alpha value is -0.310. The van der Waals surface area contributed by atoms with Crippen molar-refractivity contribution in [3.63, 3.8) is 0 Å². The smallest absolute Gasteiger partial charge is 0.243 e. The molecule has 1 aromatic rings. The zero-order valence-corrected chi connectivity index (χ0v) is 15.2. The summed E-state index contributed by atoms with van der Waals surface area (Å²) < 4.78 is 32.6. The first kappa shape index (κ1) is 19.7. The first-order valence-electron chi connectivity index (χ1n) is 6.91. The Morgan fingerprint density at radius 3 is 2.77 bits per heavy atom. The molecule has 126 valence electrons. The average Bonchev–Trinajstić information content (AvgIpc) is 2.54. The summed E-state index contributed by atoms with van der Waals surface area (Å²) in [5, 5.41) is 0. The molecule has 0 spiro atoms. The van der Waals surface area contributed by atoms with Gasteiger partial charge in [-0.3, -0.25) is 0 Å². The van der Waals surface area contributed by atoms with Gasteiger partial charge >= 0.3 is 0 Å². The van der Waals surface area contributed by atoms with Crippen LogP contribution in [0.25, 0.3) is 0 Å². The topological polar surface area (TPSA) is 72.6 Å². The Morgan fingerprint density at radius 1 is 1.45 bits per heavy atom. The van der Waals surface area contributed by atoms with Crippen LogP contribution in [0.15, 0.2) is 34.1 Å². The lowest BCUT2D eigenvalue weighted by Gasteiger charge is -2.37. The number of sulfonamides is 1. The normalized spacial score (nSPS) is 23.0. The highest BCUT2D eigenvalue weighted by molar-refractivity contribution is 7.98. The standard InChI is InChI=1S/C14H22N2O3S2.ClH/c1-19-12-6-7-16(11(8-12)10-15)21(17,18)14-5-3-4-13(9-14)20-2;/h3-5,9,11-12H,6-8,10,15H2,1-2H3;1H. The average molecular weight is 367 g/mol. The van der Waals surface area contributed by atoms with E-state index >= 15 is 0 Å². The number of nitrogens with zero attached hydrogens (tertiary/aromatic N) is 1. The summed E-state index contributed by atoms with van der Waals surface area (Å²) in [6.45, 7) is 0.757. The van der Waals surface area contributed by atoms with Gasteiger partial charge in [-0.2, -0.15) is 4.31 Å². The van der Waals surface area contributed by atoms with Crippen molar-refractivity contribution in [2.24, 2.45) is 5.73 Å².